The van der Waals surface area contributed by atoms with E-state index in [1.807, 2.05) is 36.1 Å². The number of aromatic nitrogens is 1. The molecule has 7 nitrogen and oxygen atoms in total. The minimum atomic E-state index is -0.709. The van der Waals surface area contributed by atoms with Gasteiger partial charge in [0.15, 0.2) is 5.17 Å². The lowest BCUT2D eigenvalue weighted by Gasteiger charge is -2.55. The number of likely N-dealkylation sites (tertiary alicyclic amines) is 1. The third-order valence-electron chi connectivity index (χ3n) is 8.18. The maximum atomic E-state index is 14.9. The van der Waals surface area contributed by atoms with E-state index < -0.39 is 16.1 Å². The first-order valence-corrected chi connectivity index (χ1v) is 13.3. The minimum absolute atomic E-state index is 0.120. The number of carbonyl (C=O) groups is 1. The molecule has 4 aliphatic rings. The summed E-state index contributed by atoms with van der Waals surface area (Å²) in [6, 6.07) is 10.8. The Labute approximate surface area is 219 Å². The molecule has 4 heterocycles. The van der Waals surface area contributed by atoms with E-state index >= 15 is 0 Å². The first-order chi connectivity index (χ1) is 17.7. The molecule has 1 amide bonds. The number of nitrogens with zero attached hydrogens (tertiary/aromatic N) is 4. The Kier molecular flexibility index (Phi) is 5.66. The number of nitriles is 1. The van der Waals surface area contributed by atoms with Crippen LogP contribution in [0.5, 0.6) is 0 Å². The topological polar surface area (TPSA) is 105 Å². The first kappa shape index (κ1) is 24.1. The van der Waals surface area contributed by atoms with Gasteiger partial charge in [-0.2, -0.15) is 5.26 Å². The Morgan fingerprint density at radius 1 is 1.27 bits per heavy atom. The largest absolute Gasteiger partial charge is 0.381 e. The van der Waals surface area contributed by atoms with Crippen LogP contribution in [0.4, 0.5) is 4.39 Å². The maximum absolute atomic E-state index is 14.9. The monoisotopic (exact) mass is 517 g/mol. The molecule has 9 heteroatoms. The van der Waals surface area contributed by atoms with E-state index in [4.69, 9.17) is 20.7 Å². The van der Waals surface area contributed by atoms with Crippen molar-refractivity contribution in [3.63, 3.8) is 0 Å². The highest BCUT2D eigenvalue weighted by Gasteiger charge is 2.57. The number of benzene rings is 1. The van der Waals surface area contributed by atoms with Crippen molar-refractivity contribution in [3.8, 4) is 6.07 Å². The molecule has 6 rings (SSSR count). The second-order valence-corrected chi connectivity index (χ2v) is 12.4. The fraction of sp³-hybridized carbons (Fsp3) is 0.429. The number of fused-ring (bicyclic) bond motifs is 2. The SMILES string of the molecule is C[C@]1(C(=O)N2CC3(CCOCC3)C2)C[C@]2(Cc3ccc(/C=C(\F)c4ccc(C#N)cn4)cc32)N=C(N)S1. The van der Waals surface area contributed by atoms with E-state index in [1.54, 1.807) is 6.07 Å². The Hall–Kier alpha value is -3.22. The second-order valence-electron chi connectivity index (χ2n) is 10.9. The van der Waals surface area contributed by atoms with Crippen LogP contribution in [0, 0.1) is 16.7 Å². The zero-order chi connectivity index (χ0) is 25.8. The number of hydrogen-bond donors (Lipinski definition) is 1. The van der Waals surface area contributed by atoms with Crippen molar-refractivity contribution in [2.24, 2.45) is 16.1 Å². The molecule has 1 aliphatic carbocycles. The first-order valence-electron chi connectivity index (χ1n) is 12.5. The molecule has 1 aromatic heterocycles. The zero-order valence-corrected chi connectivity index (χ0v) is 21.5. The molecule has 0 unspecified atom stereocenters. The molecule has 2 saturated heterocycles. The summed E-state index contributed by atoms with van der Waals surface area (Å²) in [4.78, 5) is 24.6. The fourth-order valence-electron chi connectivity index (χ4n) is 6.23. The number of amides is 1. The molecular formula is C28H28FN5O2S. The Balaban J connectivity index is 1.23. The number of rotatable bonds is 3. The van der Waals surface area contributed by atoms with E-state index in [-0.39, 0.29) is 17.0 Å². The molecule has 0 saturated carbocycles. The summed E-state index contributed by atoms with van der Waals surface area (Å²) in [5.41, 5.74) is 9.32. The molecule has 37 heavy (non-hydrogen) atoms. The van der Waals surface area contributed by atoms with Crippen molar-refractivity contribution < 1.29 is 13.9 Å². The van der Waals surface area contributed by atoms with Gasteiger partial charge in [-0.3, -0.25) is 14.8 Å². The smallest absolute Gasteiger partial charge is 0.239 e. The van der Waals surface area contributed by atoms with Gasteiger partial charge in [0.25, 0.3) is 0 Å². The average molecular weight is 518 g/mol. The van der Waals surface area contributed by atoms with Crippen LogP contribution in [0.2, 0.25) is 0 Å². The molecule has 2 N–H and O–H groups in total. The molecule has 0 radical (unpaired) electrons. The van der Waals surface area contributed by atoms with Crippen LogP contribution < -0.4 is 5.73 Å². The number of nitrogens with two attached hydrogens (primary N) is 1. The number of halogens is 1. The minimum Gasteiger partial charge on any atom is -0.381 e. The second kappa shape index (κ2) is 8.67. The lowest BCUT2D eigenvalue weighted by molar-refractivity contribution is -0.153. The lowest BCUT2D eigenvalue weighted by atomic mass is 9.65. The van der Waals surface area contributed by atoms with E-state index in [9.17, 15) is 9.18 Å². The van der Waals surface area contributed by atoms with Crippen molar-refractivity contribution in [1.29, 1.82) is 5.26 Å². The van der Waals surface area contributed by atoms with Gasteiger partial charge in [0.05, 0.1) is 16.8 Å². The third kappa shape index (κ3) is 4.12. The third-order valence-corrected chi connectivity index (χ3v) is 9.25. The van der Waals surface area contributed by atoms with Crippen LogP contribution in [0.25, 0.3) is 11.9 Å². The summed E-state index contributed by atoms with van der Waals surface area (Å²) in [7, 11) is 0. The quantitative estimate of drug-likeness (QED) is 0.660. The average Bonchev–Trinajstić information content (AvgIpc) is 2.87. The molecule has 2 fully saturated rings. The summed E-state index contributed by atoms with van der Waals surface area (Å²) < 4.78 is 19.7. The molecule has 1 aromatic carbocycles. The van der Waals surface area contributed by atoms with Crippen LogP contribution in [-0.2, 0) is 21.5 Å². The molecule has 0 bridgehead atoms. The van der Waals surface area contributed by atoms with Gasteiger partial charge in [-0.25, -0.2) is 4.39 Å². The van der Waals surface area contributed by atoms with Crippen LogP contribution in [-0.4, -0.2) is 52.0 Å². The van der Waals surface area contributed by atoms with Crippen LogP contribution in [0.3, 0.4) is 0 Å². The Morgan fingerprint density at radius 2 is 2.05 bits per heavy atom. The van der Waals surface area contributed by atoms with Crippen LogP contribution >= 0.6 is 11.8 Å². The highest BCUT2D eigenvalue weighted by Crippen LogP contribution is 2.55. The molecule has 2 spiro atoms. The van der Waals surface area contributed by atoms with E-state index in [0.717, 1.165) is 50.3 Å². The number of ether oxygens (including phenoxy) is 1. The standard InChI is InChI=1S/C28H28FN5O2S/c1-26(24(35)34-16-27(17-34)6-8-36-9-7-27)15-28(33-25(31)37-26)12-20-4-2-18(10-21(20)28)11-22(29)23-5-3-19(13-30)14-32-23/h2-5,10-11,14H,6-9,12,15-17H2,1H3,(H2,31,33)/b22-11-/t26-,28+/m1/s1. The maximum Gasteiger partial charge on any atom is 0.239 e. The Morgan fingerprint density at radius 3 is 2.76 bits per heavy atom. The van der Waals surface area contributed by atoms with Gasteiger partial charge in [0, 0.05) is 50.8 Å². The predicted molar refractivity (Wildman–Crippen MR) is 141 cm³/mol. The fourth-order valence-corrected chi connectivity index (χ4v) is 7.44. The van der Waals surface area contributed by atoms with Crippen LogP contribution in [0.15, 0.2) is 41.5 Å². The number of carbonyl (C=O) groups excluding carboxylic acids is 1. The molecule has 2 atom stereocenters. The highest BCUT2D eigenvalue weighted by molar-refractivity contribution is 8.15. The number of aliphatic imine (C=N–C) groups is 1. The predicted octanol–water partition coefficient (Wildman–Crippen LogP) is 4.02. The van der Waals surface area contributed by atoms with E-state index in [1.165, 1.54) is 30.1 Å². The van der Waals surface area contributed by atoms with Crippen molar-refractivity contribution in [2.75, 3.05) is 26.3 Å². The summed E-state index contributed by atoms with van der Waals surface area (Å²) in [6.45, 7) is 5.09. The lowest BCUT2D eigenvalue weighted by Crippen LogP contribution is -2.65. The highest BCUT2D eigenvalue weighted by atomic mass is 32.2. The van der Waals surface area contributed by atoms with Gasteiger partial charge in [-0.05, 0) is 60.7 Å². The zero-order valence-electron chi connectivity index (χ0n) is 20.7. The van der Waals surface area contributed by atoms with Crippen molar-refractivity contribution in [1.82, 2.24) is 9.88 Å². The molecular weight excluding hydrogens is 489 g/mol. The summed E-state index contributed by atoms with van der Waals surface area (Å²) in [5, 5.41) is 9.35. The van der Waals surface area contributed by atoms with Crippen LogP contribution in [0.1, 0.15) is 54.1 Å². The van der Waals surface area contributed by atoms with Gasteiger partial charge >= 0.3 is 0 Å². The molecule has 190 valence electrons. The number of amidine groups is 1. The van der Waals surface area contributed by atoms with Crippen molar-refractivity contribution >= 4 is 34.7 Å². The van der Waals surface area contributed by atoms with Gasteiger partial charge < -0.3 is 15.4 Å². The van der Waals surface area contributed by atoms with Crippen molar-refractivity contribution in [2.45, 2.75) is 42.9 Å². The van der Waals surface area contributed by atoms with Gasteiger partial charge in [-0.15, -0.1) is 0 Å². The number of thioether (sulfide) groups is 1. The van der Waals surface area contributed by atoms with Gasteiger partial charge in [0.2, 0.25) is 5.91 Å². The molecule has 3 aliphatic heterocycles. The molecule has 2 aromatic rings. The summed E-state index contributed by atoms with van der Waals surface area (Å²) in [6.07, 6.45) is 6.06. The summed E-state index contributed by atoms with van der Waals surface area (Å²) >= 11 is 1.36. The van der Waals surface area contributed by atoms with E-state index in [2.05, 4.69) is 4.98 Å². The van der Waals surface area contributed by atoms with E-state index in [0.29, 0.717) is 29.1 Å². The summed E-state index contributed by atoms with van der Waals surface area (Å²) in [5.74, 6) is -0.367. The van der Waals surface area contributed by atoms with Crippen molar-refractivity contribution in [3.05, 3.63) is 64.5 Å². The Bertz CT molecular complexity index is 1370. The van der Waals surface area contributed by atoms with Gasteiger partial charge in [0.1, 0.15) is 16.6 Å². The normalized spacial score (nSPS) is 28.1. The number of pyridine rings is 1. The number of hydrogen-bond acceptors (Lipinski definition) is 7. The van der Waals surface area contributed by atoms with Gasteiger partial charge in [-0.1, -0.05) is 23.9 Å².